The van der Waals surface area contributed by atoms with Crippen molar-refractivity contribution in [2.45, 2.75) is 103 Å². The summed E-state index contributed by atoms with van der Waals surface area (Å²) in [5.41, 5.74) is 1.57. The van der Waals surface area contributed by atoms with Gasteiger partial charge in [-0.25, -0.2) is 8.78 Å². The SMILES string of the molecule is C=C(CO)CC(CC(=C)CO)C1CCCC(/C(F)=C(\F)C2CCC(CCCCC)CC2)CC1. The molecule has 4 heteroatoms. The number of hydrogen-bond acceptors (Lipinski definition) is 2. The number of hydrogen-bond donors (Lipinski definition) is 2. The van der Waals surface area contributed by atoms with E-state index >= 15 is 8.78 Å². The van der Waals surface area contributed by atoms with Crippen molar-refractivity contribution in [3.05, 3.63) is 36.0 Å². The number of rotatable bonds is 13. The number of aliphatic hydroxyl groups is 2. The summed E-state index contributed by atoms with van der Waals surface area (Å²) in [7, 11) is 0. The lowest BCUT2D eigenvalue weighted by Gasteiger charge is -2.29. The first-order valence-corrected chi connectivity index (χ1v) is 13.5. The van der Waals surface area contributed by atoms with Crippen LogP contribution in [0.3, 0.4) is 0 Å². The van der Waals surface area contributed by atoms with Gasteiger partial charge in [0.15, 0.2) is 0 Å². The fraction of sp³-hybridized carbons (Fsp3) is 0.793. The lowest BCUT2D eigenvalue weighted by molar-refractivity contribution is 0.243. The van der Waals surface area contributed by atoms with Crippen LogP contribution >= 0.6 is 0 Å². The summed E-state index contributed by atoms with van der Waals surface area (Å²) in [5, 5.41) is 18.9. The number of unbranched alkanes of at least 4 members (excludes halogenated alkanes) is 2. The predicted molar refractivity (Wildman–Crippen MR) is 134 cm³/mol. The molecule has 0 aromatic carbocycles. The molecule has 2 fully saturated rings. The molecule has 33 heavy (non-hydrogen) atoms. The lowest BCUT2D eigenvalue weighted by atomic mass is 9.78. The van der Waals surface area contributed by atoms with Crippen LogP contribution in [0.25, 0.3) is 0 Å². The van der Waals surface area contributed by atoms with Crippen LogP contribution in [0.5, 0.6) is 0 Å². The summed E-state index contributed by atoms with van der Waals surface area (Å²) in [6, 6.07) is 0. The zero-order chi connectivity index (χ0) is 24.2. The molecule has 0 spiro atoms. The molecular weight excluding hydrogens is 418 g/mol. The van der Waals surface area contributed by atoms with Crippen LogP contribution in [0, 0.1) is 29.6 Å². The molecule has 2 saturated carbocycles. The van der Waals surface area contributed by atoms with Gasteiger partial charge in [-0.2, -0.15) is 0 Å². The first kappa shape index (κ1) is 28.2. The third-order valence-electron chi connectivity index (χ3n) is 8.24. The molecule has 2 N–H and O–H groups in total. The second-order valence-corrected chi connectivity index (χ2v) is 10.9. The van der Waals surface area contributed by atoms with Gasteiger partial charge in [0.25, 0.3) is 0 Å². The molecule has 0 aliphatic heterocycles. The summed E-state index contributed by atoms with van der Waals surface area (Å²) in [5.74, 6) is -0.161. The highest BCUT2D eigenvalue weighted by molar-refractivity contribution is 5.10. The van der Waals surface area contributed by atoms with E-state index in [4.69, 9.17) is 0 Å². The number of allylic oxidation sites excluding steroid dienone is 2. The summed E-state index contributed by atoms with van der Waals surface area (Å²) in [6.45, 7) is 10.0. The minimum Gasteiger partial charge on any atom is -0.392 e. The highest BCUT2D eigenvalue weighted by Gasteiger charge is 2.32. The van der Waals surface area contributed by atoms with Gasteiger partial charge in [0.2, 0.25) is 0 Å². The van der Waals surface area contributed by atoms with Crippen molar-refractivity contribution in [2.75, 3.05) is 13.2 Å². The maximum absolute atomic E-state index is 15.3. The van der Waals surface area contributed by atoms with Crippen LogP contribution in [0.2, 0.25) is 0 Å². The van der Waals surface area contributed by atoms with Crippen molar-refractivity contribution in [1.82, 2.24) is 0 Å². The van der Waals surface area contributed by atoms with Gasteiger partial charge < -0.3 is 10.2 Å². The molecule has 2 rings (SSSR count). The molecule has 0 aromatic rings. The monoisotopic (exact) mass is 466 g/mol. The van der Waals surface area contributed by atoms with Crippen molar-refractivity contribution in [1.29, 1.82) is 0 Å². The Labute approximate surface area is 201 Å². The molecule has 0 bridgehead atoms. The third-order valence-corrected chi connectivity index (χ3v) is 8.24. The number of aliphatic hydroxyl groups excluding tert-OH is 2. The highest BCUT2D eigenvalue weighted by atomic mass is 19.2. The van der Waals surface area contributed by atoms with Gasteiger partial charge in [0.05, 0.1) is 13.2 Å². The summed E-state index contributed by atoms with van der Waals surface area (Å²) >= 11 is 0. The van der Waals surface area contributed by atoms with E-state index in [0.717, 1.165) is 56.1 Å². The maximum atomic E-state index is 15.3. The van der Waals surface area contributed by atoms with Crippen molar-refractivity contribution in [3.63, 3.8) is 0 Å². The Morgan fingerprint density at radius 2 is 1.33 bits per heavy atom. The Morgan fingerprint density at radius 3 is 1.88 bits per heavy atom. The standard InChI is InChI=1S/C29H48F2O2/c1-4-5-6-8-23-11-13-26(14-12-23)29(31)28(30)25-10-7-9-24(15-16-25)27(17-21(2)19-32)18-22(3)20-33/h23-27,32-33H,2-20H2,1H3/b29-28+. The lowest BCUT2D eigenvalue weighted by Crippen LogP contribution is -2.18. The fourth-order valence-electron chi connectivity index (χ4n) is 6.11. The van der Waals surface area contributed by atoms with Crippen molar-refractivity contribution < 1.29 is 19.0 Å². The Kier molecular flexibility index (Phi) is 12.9. The normalized spacial score (nSPS) is 27.2. The largest absolute Gasteiger partial charge is 0.392 e. The van der Waals surface area contributed by atoms with E-state index < -0.39 is 11.7 Å². The maximum Gasteiger partial charge on any atom is 0.135 e. The van der Waals surface area contributed by atoms with Gasteiger partial charge in [-0.05, 0) is 75.5 Å². The quantitative estimate of drug-likeness (QED) is 0.163. The van der Waals surface area contributed by atoms with Crippen LogP contribution < -0.4 is 0 Å². The van der Waals surface area contributed by atoms with E-state index in [1.807, 2.05) is 0 Å². The summed E-state index contributed by atoms with van der Waals surface area (Å²) in [6.07, 6.45) is 14.1. The van der Waals surface area contributed by atoms with E-state index in [0.29, 0.717) is 37.5 Å². The molecule has 2 aliphatic rings. The number of halogens is 2. The topological polar surface area (TPSA) is 40.5 Å². The van der Waals surface area contributed by atoms with Crippen LogP contribution in [-0.4, -0.2) is 23.4 Å². The molecule has 0 radical (unpaired) electrons. The van der Waals surface area contributed by atoms with Crippen molar-refractivity contribution >= 4 is 0 Å². The van der Waals surface area contributed by atoms with Crippen LogP contribution in [0.4, 0.5) is 8.78 Å². The van der Waals surface area contributed by atoms with E-state index in [9.17, 15) is 10.2 Å². The molecule has 0 aromatic heterocycles. The van der Waals surface area contributed by atoms with Gasteiger partial charge in [-0.1, -0.05) is 69.8 Å². The average molecular weight is 467 g/mol. The van der Waals surface area contributed by atoms with Gasteiger partial charge in [-0.15, -0.1) is 0 Å². The van der Waals surface area contributed by atoms with E-state index in [1.54, 1.807) is 0 Å². The molecule has 0 saturated heterocycles. The molecule has 2 unspecified atom stereocenters. The predicted octanol–water partition coefficient (Wildman–Crippen LogP) is 8.21. The molecule has 2 atom stereocenters. The second kappa shape index (κ2) is 15.1. The summed E-state index contributed by atoms with van der Waals surface area (Å²) < 4.78 is 30.4. The van der Waals surface area contributed by atoms with Gasteiger partial charge >= 0.3 is 0 Å². The molecule has 0 heterocycles. The van der Waals surface area contributed by atoms with Gasteiger partial charge in [0, 0.05) is 11.8 Å². The first-order chi connectivity index (χ1) is 15.9. The van der Waals surface area contributed by atoms with Gasteiger partial charge in [-0.3, -0.25) is 0 Å². The van der Waals surface area contributed by atoms with Gasteiger partial charge in [0.1, 0.15) is 11.7 Å². The Balaban J connectivity index is 1.94. The zero-order valence-corrected chi connectivity index (χ0v) is 21.0. The summed E-state index contributed by atoms with van der Waals surface area (Å²) in [4.78, 5) is 0. The Hall–Kier alpha value is -1.00. The molecule has 2 nitrogen and oxygen atoms in total. The van der Waals surface area contributed by atoms with Crippen LogP contribution in [-0.2, 0) is 0 Å². The average Bonchev–Trinajstić information content (AvgIpc) is 3.09. The molecular formula is C29H48F2O2. The molecule has 2 aliphatic carbocycles. The minimum absolute atomic E-state index is 0.0408. The molecule has 0 amide bonds. The third kappa shape index (κ3) is 9.28. The zero-order valence-electron chi connectivity index (χ0n) is 21.0. The highest BCUT2D eigenvalue weighted by Crippen LogP contribution is 2.43. The second-order valence-electron chi connectivity index (χ2n) is 10.9. The van der Waals surface area contributed by atoms with Crippen molar-refractivity contribution in [2.24, 2.45) is 29.6 Å². The van der Waals surface area contributed by atoms with E-state index in [1.165, 1.54) is 25.7 Å². The Morgan fingerprint density at radius 1 is 0.788 bits per heavy atom. The van der Waals surface area contributed by atoms with E-state index in [-0.39, 0.29) is 31.0 Å². The van der Waals surface area contributed by atoms with E-state index in [2.05, 4.69) is 20.1 Å². The Bertz CT molecular complexity index is 616. The first-order valence-electron chi connectivity index (χ1n) is 13.5. The smallest absolute Gasteiger partial charge is 0.135 e. The van der Waals surface area contributed by atoms with Crippen LogP contribution in [0.1, 0.15) is 103 Å². The van der Waals surface area contributed by atoms with Crippen molar-refractivity contribution in [3.8, 4) is 0 Å². The van der Waals surface area contributed by atoms with Crippen LogP contribution in [0.15, 0.2) is 36.0 Å². The molecule has 190 valence electrons. The minimum atomic E-state index is -0.471. The fourth-order valence-corrected chi connectivity index (χ4v) is 6.11.